The maximum atomic E-state index is 13.6. The number of carbonyl (C=O) groups is 1. The van der Waals surface area contributed by atoms with E-state index in [1.165, 1.54) is 22.6 Å². The topological polar surface area (TPSA) is 105 Å². The predicted molar refractivity (Wildman–Crippen MR) is 118 cm³/mol. The maximum absolute atomic E-state index is 13.6. The highest BCUT2D eigenvalue weighted by Crippen LogP contribution is 2.29. The van der Waals surface area contributed by atoms with Crippen molar-refractivity contribution in [1.82, 2.24) is 14.6 Å². The number of nitrogen functional groups attached to an aromatic ring is 1. The van der Waals surface area contributed by atoms with E-state index in [0.29, 0.717) is 35.0 Å². The highest BCUT2D eigenvalue weighted by molar-refractivity contribution is 7.89. The van der Waals surface area contributed by atoms with Crippen LogP contribution >= 0.6 is 0 Å². The van der Waals surface area contributed by atoms with Gasteiger partial charge < -0.3 is 11.1 Å². The third-order valence-electron chi connectivity index (χ3n) is 5.42. The number of nitrogens with zero attached hydrogens (tertiary/aromatic N) is 2. The predicted octanol–water partition coefficient (Wildman–Crippen LogP) is 2.78. The Morgan fingerprint density at radius 3 is 2.58 bits per heavy atom. The number of fused-ring (bicyclic) bond motifs is 1. The number of hydrogen-bond donors (Lipinski definition) is 2. The van der Waals surface area contributed by atoms with Crippen LogP contribution in [0.1, 0.15) is 23.2 Å². The molecule has 0 bridgehead atoms. The lowest BCUT2D eigenvalue weighted by Gasteiger charge is -2.16. The Hall–Kier alpha value is -3.04. The molecule has 2 aromatic carbocycles. The molecule has 3 N–H and O–H groups in total. The number of nitrogens with one attached hydrogen (secondary N) is 1. The van der Waals surface area contributed by atoms with Gasteiger partial charge in [0.05, 0.1) is 11.3 Å². The molecule has 1 aliphatic heterocycles. The Kier molecular flexibility index (Phi) is 5.88. The summed E-state index contributed by atoms with van der Waals surface area (Å²) in [4.78, 5) is 16.8. The lowest BCUT2D eigenvalue weighted by molar-refractivity contribution is 0.0957. The first-order valence-corrected chi connectivity index (χ1v) is 11.7. The largest absolute Gasteiger partial charge is 0.383 e. The fraction of sp³-hybridized carbons (Fsp3) is 0.273. The van der Waals surface area contributed by atoms with Crippen LogP contribution in [0.4, 0.5) is 10.2 Å². The summed E-state index contributed by atoms with van der Waals surface area (Å²) >= 11 is 0. The molecule has 1 aromatic heterocycles. The highest BCUT2D eigenvalue weighted by atomic mass is 32.2. The van der Waals surface area contributed by atoms with Gasteiger partial charge in [0.2, 0.25) is 10.0 Å². The number of carbonyl (C=O) groups excluding carboxylic acids is 1. The molecule has 0 unspecified atom stereocenters. The van der Waals surface area contributed by atoms with Crippen molar-refractivity contribution in [3.63, 3.8) is 0 Å². The first-order chi connectivity index (χ1) is 14.8. The Bertz CT molecular complexity index is 1240. The second-order valence-electron chi connectivity index (χ2n) is 7.51. The van der Waals surface area contributed by atoms with Crippen LogP contribution in [-0.4, -0.2) is 49.0 Å². The summed E-state index contributed by atoms with van der Waals surface area (Å²) in [5, 5.41) is 3.83. The van der Waals surface area contributed by atoms with Gasteiger partial charge in [0.25, 0.3) is 5.91 Å². The van der Waals surface area contributed by atoms with E-state index in [2.05, 4.69) is 10.3 Å². The minimum atomic E-state index is -3.37. The lowest BCUT2D eigenvalue weighted by Crippen LogP contribution is -2.36. The molecule has 0 aliphatic carbocycles. The van der Waals surface area contributed by atoms with Crippen molar-refractivity contribution in [3.05, 3.63) is 60.0 Å². The molecule has 3 aromatic rings. The fourth-order valence-corrected chi connectivity index (χ4v) is 5.21. The van der Waals surface area contributed by atoms with Crippen molar-refractivity contribution in [2.75, 3.05) is 31.1 Å². The van der Waals surface area contributed by atoms with Crippen LogP contribution in [0.3, 0.4) is 0 Å². The van der Waals surface area contributed by atoms with Crippen molar-refractivity contribution in [3.8, 4) is 11.1 Å². The molecule has 1 saturated heterocycles. The van der Waals surface area contributed by atoms with Gasteiger partial charge in [-0.3, -0.25) is 4.79 Å². The van der Waals surface area contributed by atoms with Crippen LogP contribution in [-0.2, 0) is 10.0 Å². The molecule has 0 radical (unpaired) electrons. The molecular weight excluding hydrogens is 419 g/mol. The number of aromatic nitrogens is 1. The Morgan fingerprint density at radius 2 is 1.84 bits per heavy atom. The fourth-order valence-electron chi connectivity index (χ4n) is 3.78. The maximum Gasteiger partial charge on any atom is 0.253 e. The van der Waals surface area contributed by atoms with Crippen LogP contribution in [0.2, 0.25) is 0 Å². The zero-order chi connectivity index (χ0) is 22.0. The molecule has 1 aliphatic rings. The van der Waals surface area contributed by atoms with Gasteiger partial charge in [-0.15, -0.1) is 0 Å². The number of benzene rings is 2. The average Bonchev–Trinajstić information content (AvgIpc) is 3.30. The molecule has 7 nitrogen and oxygen atoms in total. The molecule has 162 valence electrons. The molecule has 31 heavy (non-hydrogen) atoms. The number of pyridine rings is 1. The van der Waals surface area contributed by atoms with Gasteiger partial charge >= 0.3 is 0 Å². The third kappa shape index (κ3) is 4.52. The molecule has 0 atom stereocenters. The second-order valence-corrected chi connectivity index (χ2v) is 9.59. The highest BCUT2D eigenvalue weighted by Gasteiger charge is 2.25. The van der Waals surface area contributed by atoms with Crippen LogP contribution in [0.5, 0.6) is 0 Å². The average molecular weight is 443 g/mol. The van der Waals surface area contributed by atoms with E-state index in [0.717, 1.165) is 18.4 Å². The molecule has 4 rings (SSSR count). The number of hydrogen-bond acceptors (Lipinski definition) is 5. The van der Waals surface area contributed by atoms with E-state index in [1.54, 1.807) is 30.3 Å². The number of sulfonamides is 1. The minimum Gasteiger partial charge on any atom is -0.383 e. The molecule has 9 heteroatoms. The SMILES string of the molecule is Nc1ncc(C(=O)NCCS(=O)(=O)N2CCCC2)c2ccc(-c3cccc(F)c3)cc12. The van der Waals surface area contributed by atoms with Crippen LogP contribution in [0.25, 0.3) is 21.9 Å². The molecule has 0 spiro atoms. The Balaban J connectivity index is 1.54. The summed E-state index contributed by atoms with van der Waals surface area (Å²) in [6.07, 6.45) is 3.11. The number of rotatable bonds is 6. The first kappa shape index (κ1) is 21.2. The van der Waals surface area contributed by atoms with E-state index in [4.69, 9.17) is 5.73 Å². The Labute approximate surface area is 180 Å². The summed E-state index contributed by atoms with van der Waals surface area (Å²) in [6, 6.07) is 11.5. The van der Waals surface area contributed by atoms with Gasteiger partial charge in [-0.05, 0) is 47.6 Å². The van der Waals surface area contributed by atoms with Crippen molar-refractivity contribution < 1.29 is 17.6 Å². The molecule has 2 heterocycles. The van der Waals surface area contributed by atoms with E-state index < -0.39 is 15.9 Å². The lowest BCUT2D eigenvalue weighted by atomic mass is 9.99. The summed E-state index contributed by atoms with van der Waals surface area (Å²) in [5.41, 5.74) is 7.76. The van der Waals surface area contributed by atoms with Crippen molar-refractivity contribution in [1.29, 1.82) is 0 Å². The van der Waals surface area contributed by atoms with Gasteiger partial charge in [0, 0.05) is 31.2 Å². The van der Waals surface area contributed by atoms with Gasteiger partial charge in [-0.25, -0.2) is 22.1 Å². The second kappa shape index (κ2) is 8.60. The van der Waals surface area contributed by atoms with E-state index in [9.17, 15) is 17.6 Å². The normalized spacial score (nSPS) is 14.7. The van der Waals surface area contributed by atoms with Gasteiger partial charge in [0.1, 0.15) is 11.6 Å². The van der Waals surface area contributed by atoms with E-state index in [1.807, 2.05) is 0 Å². The molecular formula is C22H23FN4O3S. The summed E-state index contributed by atoms with van der Waals surface area (Å²) in [6.45, 7) is 1.08. The van der Waals surface area contributed by atoms with Crippen LogP contribution < -0.4 is 11.1 Å². The first-order valence-electron chi connectivity index (χ1n) is 10.1. The zero-order valence-corrected chi connectivity index (χ0v) is 17.7. The Morgan fingerprint density at radius 1 is 1.10 bits per heavy atom. The molecule has 1 fully saturated rings. The molecule has 1 amide bonds. The van der Waals surface area contributed by atoms with Gasteiger partial charge in [0.15, 0.2) is 0 Å². The standard InChI is InChI=1S/C22H23FN4O3S/c23-17-5-3-4-15(12-17)16-6-7-18-19(13-16)21(24)26-14-20(18)22(28)25-8-11-31(29,30)27-9-1-2-10-27/h3-7,12-14H,1-2,8-11H2,(H2,24,26)(H,25,28). The van der Waals surface area contributed by atoms with Gasteiger partial charge in [-0.2, -0.15) is 0 Å². The number of nitrogens with two attached hydrogens (primary N) is 1. The van der Waals surface area contributed by atoms with E-state index >= 15 is 0 Å². The monoisotopic (exact) mass is 442 g/mol. The third-order valence-corrected chi connectivity index (χ3v) is 7.30. The zero-order valence-electron chi connectivity index (χ0n) is 16.8. The van der Waals surface area contributed by atoms with Crippen LogP contribution in [0, 0.1) is 5.82 Å². The van der Waals surface area contributed by atoms with E-state index in [-0.39, 0.29) is 23.9 Å². The van der Waals surface area contributed by atoms with Crippen molar-refractivity contribution in [2.24, 2.45) is 0 Å². The van der Waals surface area contributed by atoms with Crippen molar-refractivity contribution >= 4 is 32.5 Å². The molecule has 0 saturated carbocycles. The van der Waals surface area contributed by atoms with Crippen molar-refractivity contribution in [2.45, 2.75) is 12.8 Å². The van der Waals surface area contributed by atoms with Crippen LogP contribution in [0.15, 0.2) is 48.7 Å². The summed E-state index contributed by atoms with van der Waals surface area (Å²) < 4.78 is 39.7. The smallest absolute Gasteiger partial charge is 0.253 e. The number of halogens is 1. The number of amides is 1. The number of anilines is 1. The minimum absolute atomic E-state index is 0.00487. The summed E-state index contributed by atoms with van der Waals surface area (Å²) in [7, 11) is -3.37. The van der Waals surface area contributed by atoms with Gasteiger partial charge in [-0.1, -0.05) is 24.3 Å². The quantitative estimate of drug-likeness (QED) is 0.611. The summed E-state index contributed by atoms with van der Waals surface area (Å²) in [5.74, 6) is -0.669.